The monoisotopic (exact) mass is 436 g/mol. The second kappa shape index (κ2) is 8.84. The number of benzene rings is 1. The maximum Gasteiger partial charge on any atom is 0.411 e. The van der Waals surface area contributed by atoms with Gasteiger partial charge < -0.3 is 16.2 Å². The Bertz CT molecular complexity index is 1270. The number of carbonyl (C=O) groups excluding carboxylic acids is 1. The van der Waals surface area contributed by atoms with Crippen LogP contribution in [0.15, 0.2) is 42.6 Å². The second-order valence-corrected chi connectivity index (χ2v) is 6.92. The van der Waals surface area contributed by atoms with Crippen LogP contribution >= 0.6 is 0 Å². The van der Waals surface area contributed by atoms with Gasteiger partial charge in [-0.05, 0) is 30.2 Å². The highest BCUT2D eigenvalue weighted by molar-refractivity contribution is 5.93. The molecule has 4 aromatic rings. The predicted octanol–water partition coefficient (Wildman–Crippen LogP) is 3.04. The lowest BCUT2D eigenvalue weighted by molar-refractivity contribution is 0.161. The summed E-state index contributed by atoms with van der Waals surface area (Å²) in [6, 6.07) is 9.97. The molecule has 0 radical (unpaired) electrons. The lowest BCUT2D eigenvalue weighted by atomic mass is 10.1. The van der Waals surface area contributed by atoms with E-state index in [0.717, 1.165) is 0 Å². The van der Waals surface area contributed by atoms with Crippen molar-refractivity contribution in [2.24, 2.45) is 0 Å². The number of rotatable bonds is 6. The van der Waals surface area contributed by atoms with Gasteiger partial charge in [-0.1, -0.05) is 25.1 Å². The van der Waals surface area contributed by atoms with Crippen LogP contribution in [0.5, 0.6) is 0 Å². The maximum absolute atomic E-state index is 14.2. The minimum absolute atomic E-state index is 0.0401. The zero-order valence-corrected chi connectivity index (χ0v) is 17.2. The number of ether oxygens (including phenoxy) is 1. The van der Waals surface area contributed by atoms with Crippen molar-refractivity contribution >= 4 is 28.9 Å². The summed E-state index contributed by atoms with van der Waals surface area (Å²) in [7, 11) is 0. The first-order valence-corrected chi connectivity index (χ1v) is 9.91. The number of halogens is 1. The zero-order chi connectivity index (χ0) is 22.7. The fourth-order valence-corrected chi connectivity index (χ4v) is 3.14. The van der Waals surface area contributed by atoms with Gasteiger partial charge in [0.2, 0.25) is 0 Å². The van der Waals surface area contributed by atoms with Crippen LogP contribution in [-0.4, -0.2) is 37.3 Å². The van der Waals surface area contributed by atoms with Gasteiger partial charge in [-0.3, -0.25) is 5.32 Å². The van der Waals surface area contributed by atoms with Crippen LogP contribution in [0, 0.1) is 5.82 Å². The van der Waals surface area contributed by atoms with Gasteiger partial charge in [0, 0.05) is 12.6 Å². The molecule has 1 aromatic carbocycles. The van der Waals surface area contributed by atoms with Gasteiger partial charge >= 0.3 is 6.09 Å². The van der Waals surface area contributed by atoms with E-state index in [0.29, 0.717) is 29.0 Å². The van der Waals surface area contributed by atoms with Crippen LogP contribution in [0.25, 0.3) is 17.0 Å². The van der Waals surface area contributed by atoms with Crippen LogP contribution in [-0.2, 0) is 11.2 Å². The summed E-state index contributed by atoms with van der Waals surface area (Å²) in [5.41, 5.74) is 13.6. The minimum atomic E-state index is -0.703. The fraction of sp³-hybridized carbons (Fsp3) is 0.190. The lowest BCUT2D eigenvalue weighted by Crippen LogP contribution is -2.18. The summed E-state index contributed by atoms with van der Waals surface area (Å²) >= 11 is 0. The van der Waals surface area contributed by atoms with E-state index >= 15 is 0 Å². The lowest BCUT2D eigenvalue weighted by Gasteiger charge is -2.11. The number of nitrogens with two attached hydrogens (primary N) is 2. The Hall–Kier alpha value is -4.28. The number of nitrogen functional groups attached to an aromatic ring is 2. The number of imidazole rings is 1. The molecule has 0 saturated carbocycles. The molecule has 0 aliphatic rings. The molecule has 3 aromatic heterocycles. The van der Waals surface area contributed by atoms with E-state index in [1.807, 2.05) is 6.92 Å². The van der Waals surface area contributed by atoms with Gasteiger partial charge in [0.05, 0.1) is 12.1 Å². The van der Waals surface area contributed by atoms with Crippen LogP contribution in [0.3, 0.4) is 0 Å². The number of carbonyl (C=O) groups is 1. The third-order valence-corrected chi connectivity index (χ3v) is 4.63. The Balaban J connectivity index is 1.72. The molecule has 11 heteroatoms. The van der Waals surface area contributed by atoms with E-state index in [9.17, 15) is 9.18 Å². The molecule has 3 heterocycles. The Morgan fingerprint density at radius 1 is 1.12 bits per heavy atom. The molecule has 0 aliphatic carbocycles. The molecule has 32 heavy (non-hydrogen) atoms. The van der Waals surface area contributed by atoms with Crippen molar-refractivity contribution < 1.29 is 13.9 Å². The van der Waals surface area contributed by atoms with Gasteiger partial charge in [0.1, 0.15) is 23.0 Å². The number of anilines is 3. The van der Waals surface area contributed by atoms with E-state index in [1.165, 1.54) is 6.07 Å². The van der Waals surface area contributed by atoms with E-state index in [-0.39, 0.29) is 42.0 Å². The summed E-state index contributed by atoms with van der Waals surface area (Å²) in [6.45, 7) is 2.13. The van der Waals surface area contributed by atoms with E-state index in [2.05, 4.69) is 25.4 Å². The third kappa shape index (κ3) is 4.13. The first-order chi connectivity index (χ1) is 15.5. The van der Waals surface area contributed by atoms with E-state index in [4.69, 9.17) is 16.2 Å². The Morgan fingerprint density at radius 2 is 1.88 bits per heavy atom. The molecular formula is C21H21FN8O2. The number of nitrogens with zero attached hydrogens (tertiary/aromatic N) is 5. The van der Waals surface area contributed by atoms with Crippen molar-refractivity contribution in [2.45, 2.75) is 19.8 Å². The smallest absolute Gasteiger partial charge is 0.411 e. The summed E-state index contributed by atoms with van der Waals surface area (Å²) in [4.78, 5) is 25.0. The van der Waals surface area contributed by atoms with Crippen LogP contribution in [0.2, 0.25) is 0 Å². The fourth-order valence-electron chi connectivity index (χ4n) is 3.14. The molecule has 5 N–H and O–H groups in total. The van der Waals surface area contributed by atoms with E-state index in [1.54, 1.807) is 41.0 Å². The Morgan fingerprint density at radius 3 is 2.59 bits per heavy atom. The van der Waals surface area contributed by atoms with Crippen molar-refractivity contribution in [3.05, 3.63) is 59.8 Å². The van der Waals surface area contributed by atoms with Crippen molar-refractivity contribution in [2.75, 3.05) is 23.4 Å². The highest BCUT2D eigenvalue weighted by atomic mass is 19.1. The standard InChI is InChI=1S/C21H21FN8O2/c1-2-10-32-21(31)27-17-18(23)28-20(29-19(17)24)16-14-8-5-9-25-30(14)15(26-16)11-12-6-3-4-7-13(12)22/h3-9H,2,10-11H2,1H3,(H,27,31)(H4,23,24,28,29). The first-order valence-electron chi connectivity index (χ1n) is 9.91. The zero-order valence-electron chi connectivity index (χ0n) is 17.2. The molecule has 1 amide bonds. The molecule has 0 unspecified atom stereocenters. The van der Waals surface area contributed by atoms with Gasteiger partial charge in [0.25, 0.3) is 0 Å². The third-order valence-electron chi connectivity index (χ3n) is 4.63. The number of amides is 1. The maximum atomic E-state index is 14.2. The quantitative estimate of drug-likeness (QED) is 0.418. The van der Waals surface area contributed by atoms with Crippen molar-refractivity contribution in [1.29, 1.82) is 0 Å². The number of hydrogen-bond donors (Lipinski definition) is 3. The number of hydrogen-bond acceptors (Lipinski definition) is 8. The topological polar surface area (TPSA) is 146 Å². The SMILES string of the molecule is CCCOC(=O)Nc1c(N)nc(-c2nc(Cc3ccccc3F)n3ncccc23)nc1N. The van der Waals surface area contributed by atoms with Crippen LogP contribution in [0.1, 0.15) is 24.7 Å². The molecule has 0 fully saturated rings. The van der Waals surface area contributed by atoms with Gasteiger partial charge in [-0.2, -0.15) is 5.10 Å². The molecule has 10 nitrogen and oxygen atoms in total. The Labute approximate surface area is 182 Å². The van der Waals surface area contributed by atoms with E-state index < -0.39 is 6.09 Å². The number of aromatic nitrogens is 5. The van der Waals surface area contributed by atoms with Crippen molar-refractivity contribution in [1.82, 2.24) is 24.6 Å². The summed E-state index contributed by atoms with van der Waals surface area (Å²) in [5.74, 6) is 0.227. The molecule has 4 rings (SSSR count). The second-order valence-electron chi connectivity index (χ2n) is 6.92. The molecule has 0 spiro atoms. The molecule has 164 valence electrons. The molecule has 0 saturated heterocycles. The summed E-state index contributed by atoms with van der Waals surface area (Å²) in [6.07, 6.45) is 1.77. The summed E-state index contributed by atoms with van der Waals surface area (Å²) in [5, 5.41) is 6.78. The molecular weight excluding hydrogens is 415 g/mol. The molecule has 0 aliphatic heterocycles. The number of nitrogens with one attached hydrogen (secondary N) is 1. The predicted molar refractivity (Wildman–Crippen MR) is 117 cm³/mol. The molecule has 0 atom stereocenters. The van der Waals surface area contributed by atoms with Gasteiger partial charge in [0.15, 0.2) is 17.5 Å². The van der Waals surface area contributed by atoms with Crippen LogP contribution < -0.4 is 16.8 Å². The highest BCUT2D eigenvalue weighted by Gasteiger charge is 2.20. The minimum Gasteiger partial charge on any atom is -0.449 e. The average Bonchev–Trinajstić information content (AvgIpc) is 3.15. The van der Waals surface area contributed by atoms with Gasteiger partial charge in [-0.25, -0.2) is 28.7 Å². The normalized spacial score (nSPS) is 10.9. The largest absolute Gasteiger partial charge is 0.449 e. The van der Waals surface area contributed by atoms with Gasteiger partial charge in [-0.15, -0.1) is 0 Å². The highest BCUT2D eigenvalue weighted by Crippen LogP contribution is 2.29. The number of fused-ring (bicyclic) bond motifs is 1. The van der Waals surface area contributed by atoms with Crippen molar-refractivity contribution in [3.63, 3.8) is 0 Å². The van der Waals surface area contributed by atoms with Crippen LogP contribution in [0.4, 0.5) is 26.5 Å². The summed E-state index contributed by atoms with van der Waals surface area (Å²) < 4.78 is 20.7. The van der Waals surface area contributed by atoms with Crippen molar-refractivity contribution in [3.8, 4) is 11.5 Å². The average molecular weight is 436 g/mol. The first kappa shape index (κ1) is 21.0. The Kier molecular flexibility index (Phi) is 5.79. The molecule has 0 bridgehead atoms.